The lowest BCUT2D eigenvalue weighted by Gasteiger charge is -2.24. The number of ether oxygens (including phenoxy) is 1. The summed E-state index contributed by atoms with van der Waals surface area (Å²) < 4.78 is 5.91. The molecule has 33 heavy (non-hydrogen) atoms. The van der Waals surface area contributed by atoms with Crippen molar-refractivity contribution in [3.8, 4) is 16.9 Å². The summed E-state index contributed by atoms with van der Waals surface area (Å²) in [5, 5.41) is 0.0227. The summed E-state index contributed by atoms with van der Waals surface area (Å²) in [5.74, 6) is 1.85. The fourth-order valence-electron chi connectivity index (χ4n) is 4.03. The van der Waals surface area contributed by atoms with E-state index in [-0.39, 0.29) is 11.3 Å². The molecule has 0 unspecified atom stereocenters. The molecular weight excluding hydrogens is 426 g/mol. The van der Waals surface area contributed by atoms with Crippen molar-refractivity contribution in [2.75, 3.05) is 12.3 Å². The predicted molar refractivity (Wildman–Crippen MR) is 135 cm³/mol. The number of carbonyl (C=O) groups excluding carboxylic acids is 1. The summed E-state index contributed by atoms with van der Waals surface area (Å²) in [4.78, 5) is 15.3. The molecule has 1 fully saturated rings. The zero-order valence-corrected chi connectivity index (χ0v) is 19.1. The highest BCUT2D eigenvalue weighted by atomic mass is 32.2. The molecule has 1 aliphatic rings. The van der Waals surface area contributed by atoms with E-state index in [1.807, 2.05) is 77.7 Å². The van der Waals surface area contributed by atoms with E-state index in [2.05, 4.69) is 36.4 Å². The molecule has 1 heterocycles. The molecule has 4 aromatic rings. The quantitative estimate of drug-likeness (QED) is 0.322. The van der Waals surface area contributed by atoms with Crippen molar-refractivity contribution in [3.05, 3.63) is 126 Å². The summed E-state index contributed by atoms with van der Waals surface area (Å²) in [6.07, 6.45) is 0. The molecule has 0 bridgehead atoms. The van der Waals surface area contributed by atoms with Crippen LogP contribution < -0.4 is 4.74 Å². The second-order valence-corrected chi connectivity index (χ2v) is 9.20. The van der Waals surface area contributed by atoms with Crippen LogP contribution in [0.2, 0.25) is 0 Å². The topological polar surface area (TPSA) is 29.5 Å². The molecule has 0 saturated carbocycles. The van der Waals surface area contributed by atoms with Gasteiger partial charge in [0.1, 0.15) is 17.7 Å². The fraction of sp³-hybridized carbons (Fsp3) is 0.138. The molecule has 0 aromatic heterocycles. The number of amides is 1. The highest BCUT2D eigenvalue weighted by Crippen LogP contribution is 2.39. The monoisotopic (exact) mass is 451 g/mol. The predicted octanol–water partition coefficient (Wildman–Crippen LogP) is 6.82. The molecule has 0 spiro atoms. The van der Waals surface area contributed by atoms with E-state index in [0.717, 1.165) is 45.9 Å². The lowest BCUT2D eigenvalue weighted by atomic mass is 10.0. The zero-order chi connectivity index (χ0) is 22.5. The van der Waals surface area contributed by atoms with Gasteiger partial charge in [-0.25, -0.2) is 0 Å². The van der Waals surface area contributed by atoms with Gasteiger partial charge in [0.2, 0.25) is 0 Å². The third kappa shape index (κ3) is 4.96. The summed E-state index contributed by atoms with van der Waals surface area (Å²) in [6.45, 7) is 1.29. The smallest absolute Gasteiger partial charge is 0.255 e. The molecule has 0 aliphatic carbocycles. The SMILES string of the molecule is O=C(c1ccc(-c2ccccc2)cc1)N1CCS[C@@H]1c1ccc(OCc2ccccc2)cc1. The van der Waals surface area contributed by atoms with Crippen LogP contribution in [0, 0.1) is 0 Å². The van der Waals surface area contributed by atoms with Gasteiger partial charge in [0, 0.05) is 17.9 Å². The zero-order valence-electron chi connectivity index (χ0n) is 18.3. The average Bonchev–Trinajstić information content (AvgIpc) is 3.39. The molecule has 1 amide bonds. The average molecular weight is 452 g/mol. The number of rotatable bonds is 6. The van der Waals surface area contributed by atoms with Gasteiger partial charge in [-0.3, -0.25) is 4.79 Å². The van der Waals surface area contributed by atoms with Gasteiger partial charge in [-0.2, -0.15) is 0 Å². The van der Waals surface area contributed by atoms with E-state index < -0.39 is 0 Å². The van der Waals surface area contributed by atoms with E-state index in [0.29, 0.717) is 6.61 Å². The summed E-state index contributed by atoms with van der Waals surface area (Å²) in [7, 11) is 0. The molecule has 0 N–H and O–H groups in total. The van der Waals surface area contributed by atoms with Crippen LogP contribution in [0.3, 0.4) is 0 Å². The Morgan fingerprint density at radius 2 is 1.42 bits per heavy atom. The lowest BCUT2D eigenvalue weighted by molar-refractivity contribution is 0.0760. The lowest BCUT2D eigenvalue weighted by Crippen LogP contribution is -2.30. The maximum absolute atomic E-state index is 13.3. The first-order valence-electron chi connectivity index (χ1n) is 11.1. The normalized spacial score (nSPS) is 15.4. The van der Waals surface area contributed by atoms with Gasteiger partial charge < -0.3 is 9.64 Å². The Bertz CT molecular complexity index is 1190. The third-order valence-corrected chi connectivity index (χ3v) is 7.07. The van der Waals surface area contributed by atoms with Crippen LogP contribution >= 0.6 is 11.8 Å². The number of carbonyl (C=O) groups is 1. The molecule has 1 atom stereocenters. The van der Waals surface area contributed by atoms with Crippen LogP contribution in [0.15, 0.2) is 109 Å². The Labute approximate surface area is 199 Å². The molecule has 1 aliphatic heterocycles. The van der Waals surface area contributed by atoms with Crippen molar-refractivity contribution in [3.63, 3.8) is 0 Å². The van der Waals surface area contributed by atoms with Crippen molar-refractivity contribution in [2.24, 2.45) is 0 Å². The van der Waals surface area contributed by atoms with Gasteiger partial charge in [-0.05, 0) is 46.5 Å². The van der Waals surface area contributed by atoms with Crippen LogP contribution in [0.5, 0.6) is 5.75 Å². The largest absolute Gasteiger partial charge is 0.489 e. The Morgan fingerprint density at radius 1 is 0.788 bits per heavy atom. The van der Waals surface area contributed by atoms with E-state index in [4.69, 9.17) is 4.74 Å². The van der Waals surface area contributed by atoms with Gasteiger partial charge in [-0.15, -0.1) is 11.8 Å². The molecule has 4 aromatic carbocycles. The number of nitrogens with zero attached hydrogens (tertiary/aromatic N) is 1. The molecule has 1 saturated heterocycles. The van der Waals surface area contributed by atoms with Crippen LogP contribution in [-0.4, -0.2) is 23.1 Å². The summed E-state index contributed by atoms with van der Waals surface area (Å²) >= 11 is 1.81. The summed E-state index contributed by atoms with van der Waals surface area (Å²) in [6, 6.07) is 36.4. The van der Waals surface area contributed by atoms with E-state index in [9.17, 15) is 4.79 Å². The molecule has 5 rings (SSSR count). The van der Waals surface area contributed by atoms with Crippen molar-refractivity contribution < 1.29 is 9.53 Å². The van der Waals surface area contributed by atoms with E-state index in [1.54, 1.807) is 11.8 Å². The van der Waals surface area contributed by atoms with Crippen molar-refractivity contribution in [1.82, 2.24) is 4.90 Å². The highest BCUT2D eigenvalue weighted by molar-refractivity contribution is 7.99. The molecule has 0 radical (unpaired) electrons. The van der Waals surface area contributed by atoms with Gasteiger partial charge >= 0.3 is 0 Å². The number of thioether (sulfide) groups is 1. The Hall–Kier alpha value is -3.50. The molecular formula is C29H25NO2S. The van der Waals surface area contributed by atoms with Crippen LogP contribution in [0.1, 0.15) is 26.9 Å². The Balaban J connectivity index is 1.26. The van der Waals surface area contributed by atoms with Crippen LogP contribution in [0.25, 0.3) is 11.1 Å². The van der Waals surface area contributed by atoms with Crippen LogP contribution in [-0.2, 0) is 6.61 Å². The van der Waals surface area contributed by atoms with Gasteiger partial charge in [0.05, 0.1) is 0 Å². The Kier molecular flexibility index (Phi) is 6.45. The van der Waals surface area contributed by atoms with Crippen molar-refractivity contribution >= 4 is 17.7 Å². The number of hydrogen-bond donors (Lipinski definition) is 0. The van der Waals surface area contributed by atoms with Crippen molar-refractivity contribution in [1.29, 1.82) is 0 Å². The highest BCUT2D eigenvalue weighted by Gasteiger charge is 2.31. The van der Waals surface area contributed by atoms with E-state index >= 15 is 0 Å². The van der Waals surface area contributed by atoms with E-state index in [1.165, 1.54) is 0 Å². The van der Waals surface area contributed by atoms with Crippen molar-refractivity contribution in [2.45, 2.75) is 12.0 Å². The summed E-state index contributed by atoms with van der Waals surface area (Å²) in [5.41, 5.74) is 5.26. The van der Waals surface area contributed by atoms with Crippen LogP contribution in [0.4, 0.5) is 0 Å². The second-order valence-electron chi connectivity index (χ2n) is 8.01. The minimum Gasteiger partial charge on any atom is -0.489 e. The first kappa shape index (κ1) is 21.4. The van der Waals surface area contributed by atoms with Gasteiger partial charge in [0.25, 0.3) is 5.91 Å². The van der Waals surface area contributed by atoms with Gasteiger partial charge in [-0.1, -0.05) is 84.9 Å². The minimum atomic E-state index is 0.0227. The minimum absolute atomic E-state index is 0.0227. The first-order chi connectivity index (χ1) is 16.3. The molecule has 4 heteroatoms. The molecule has 164 valence electrons. The first-order valence-corrected chi connectivity index (χ1v) is 12.2. The number of hydrogen-bond acceptors (Lipinski definition) is 3. The van der Waals surface area contributed by atoms with Gasteiger partial charge in [0.15, 0.2) is 0 Å². The molecule has 3 nitrogen and oxygen atoms in total. The second kappa shape index (κ2) is 9.97. The Morgan fingerprint density at radius 3 is 2.12 bits per heavy atom. The maximum atomic E-state index is 13.3. The standard InChI is InChI=1S/C29H25NO2S/c31-28(25-13-11-24(12-14-25)23-9-5-2-6-10-23)30-19-20-33-29(30)26-15-17-27(18-16-26)32-21-22-7-3-1-4-8-22/h1-18,29H,19-21H2/t29-/m1/s1. The number of benzene rings is 4. The fourth-order valence-corrected chi connectivity index (χ4v) is 5.28. The maximum Gasteiger partial charge on any atom is 0.255 e. The third-order valence-electron chi connectivity index (χ3n) is 5.80.